The van der Waals surface area contributed by atoms with Crippen LogP contribution in [0.2, 0.25) is 0 Å². The maximum atomic E-state index is 5.59. The fourth-order valence-electron chi connectivity index (χ4n) is 2.03. The van der Waals surface area contributed by atoms with E-state index in [-0.39, 0.29) is 12.1 Å². The molecular formula is C10H16ClN3O2. The average Bonchev–Trinajstić information content (AvgIpc) is 2.89. The van der Waals surface area contributed by atoms with E-state index in [1.54, 1.807) is 7.11 Å². The molecule has 16 heavy (non-hydrogen) atoms. The van der Waals surface area contributed by atoms with Gasteiger partial charge in [-0.05, 0) is 19.3 Å². The first-order valence-electron chi connectivity index (χ1n) is 5.51. The summed E-state index contributed by atoms with van der Waals surface area (Å²) in [5.74, 6) is 1.07. The van der Waals surface area contributed by atoms with E-state index in [1.807, 2.05) is 0 Å². The van der Waals surface area contributed by atoms with Crippen molar-refractivity contribution in [2.45, 2.75) is 37.8 Å². The molecule has 1 aromatic heterocycles. The van der Waals surface area contributed by atoms with Crippen LogP contribution in [0.5, 0.6) is 0 Å². The molecule has 1 heterocycles. The molecule has 2 atom stereocenters. The number of methoxy groups -OCH3 is 1. The number of nitrogens with zero attached hydrogens (tertiary/aromatic N) is 2. The Labute approximate surface area is 99.5 Å². The lowest BCUT2D eigenvalue weighted by Gasteiger charge is -2.17. The fraction of sp³-hybridized carbons (Fsp3) is 0.800. The Hall–Kier alpha value is -0.810. The summed E-state index contributed by atoms with van der Waals surface area (Å²) < 4.78 is 10.8. The first-order chi connectivity index (χ1) is 7.83. The monoisotopic (exact) mass is 245 g/mol. The Balaban J connectivity index is 1.92. The molecule has 0 amide bonds. The zero-order chi connectivity index (χ0) is 11.4. The van der Waals surface area contributed by atoms with Crippen molar-refractivity contribution in [2.75, 3.05) is 18.3 Å². The summed E-state index contributed by atoms with van der Waals surface area (Å²) >= 11 is 5.59. The second-order valence-corrected chi connectivity index (χ2v) is 4.27. The lowest BCUT2D eigenvalue weighted by Crippen LogP contribution is -2.29. The summed E-state index contributed by atoms with van der Waals surface area (Å²) in [5, 5.41) is 11.0. The third-order valence-corrected chi connectivity index (χ3v) is 3.03. The van der Waals surface area contributed by atoms with Crippen LogP contribution in [-0.2, 0) is 11.2 Å². The molecule has 0 radical (unpaired) electrons. The second kappa shape index (κ2) is 5.50. The molecule has 0 bridgehead atoms. The van der Waals surface area contributed by atoms with Crippen molar-refractivity contribution in [1.82, 2.24) is 10.2 Å². The maximum Gasteiger partial charge on any atom is 0.315 e. The molecule has 0 aromatic carbocycles. The quantitative estimate of drug-likeness (QED) is 0.802. The number of rotatable bonds is 5. The zero-order valence-electron chi connectivity index (χ0n) is 9.28. The lowest BCUT2D eigenvalue weighted by molar-refractivity contribution is 0.100. The predicted molar refractivity (Wildman–Crippen MR) is 60.8 cm³/mol. The van der Waals surface area contributed by atoms with E-state index in [0.717, 1.165) is 12.8 Å². The van der Waals surface area contributed by atoms with Crippen LogP contribution in [0.1, 0.15) is 25.2 Å². The topological polar surface area (TPSA) is 60.2 Å². The van der Waals surface area contributed by atoms with Crippen molar-refractivity contribution in [3.8, 4) is 0 Å². The minimum absolute atomic E-state index is 0.239. The Morgan fingerprint density at radius 3 is 3.12 bits per heavy atom. The van der Waals surface area contributed by atoms with Crippen LogP contribution in [0, 0.1) is 0 Å². The molecule has 1 aliphatic rings. The number of aryl methyl sites for hydroxylation is 1. The molecule has 1 saturated carbocycles. The van der Waals surface area contributed by atoms with Gasteiger partial charge in [0, 0.05) is 19.4 Å². The molecule has 1 aliphatic carbocycles. The van der Waals surface area contributed by atoms with Crippen LogP contribution in [0.15, 0.2) is 4.42 Å². The van der Waals surface area contributed by atoms with Gasteiger partial charge in [-0.3, -0.25) is 0 Å². The summed E-state index contributed by atoms with van der Waals surface area (Å²) in [6.45, 7) is 0. The van der Waals surface area contributed by atoms with Crippen molar-refractivity contribution in [3.05, 3.63) is 5.89 Å². The van der Waals surface area contributed by atoms with Gasteiger partial charge in [0.15, 0.2) is 0 Å². The number of aromatic nitrogens is 2. The third kappa shape index (κ3) is 2.65. The summed E-state index contributed by atoms with van der Waals surface area (Å²) in [4.78, 5) is 0. The Morgan fingerprint density at radius 1 is 1.50 bits per heavy atom. The van der Waals surface area contributed by atoms with Gasteiger partial charge < -0.3 is 14.5 Å². The molecule has 0 spiro atoms. The van der Waals surface area contributed by atoms with Crippen molar-refractivity contribution >= 4 is 17.6 Å². The third-order valence-electron chi connectivity index (χ3n) is 2.84. The minimum Gasteiger partial charge on any atom is -0.408 e. The molecule has 6 heteroatoms. The number of ether oxygens (including phenoxy) is 1. The van der Waals surface area contributed by atoms with Crippen molar-refractivity contribution in [2.24, 2.45) is 0 Å². The van der Waals surface area contributed by atoms with E-state index < -0.39 is 0 Å². The van der Waals surface area contributed by atoms with Gasteiger partial charge in [-0.15, -0.1) is 16.7 Å². The molecule has 0 aliphatic heterocycles. The number of hydrogen-bond acceptors (Lipinski definition) is 5. The first kappa shape index (κ1) is 11.7. The minimum atomic E-state index is 0.239. The number of anilines is 1. The highest BCUT2D eigenvalue weighted by Gasteiger charge is 2.28. The van der Waals surface area contributed by atoms with Crippen LogP contribution in [-0.4, -0.2) is 35.3 Å². The van der Waals surface area contributed by atoms with Crippen LogP contribution in [0.3, 0.4) is 0 Å². The van der Waals surface area contributed by atoms with Gasteiger partial charge in [0.1, 0.15) is 0 Å². The van der Waals surface area contributed by atoms with Crippen LogP contribution < -0.4 is 5.32 Å². The molecule has 90 valence electrons. The summed E-state index contributed by atoms with van der Waals surface area (Å²) in [5.41, 5.74) is 0. The molecule has 2 unspecified atom stereocenters. The SMILES string of the molecule is COC1CCCC1Nc1nnc(CCCl)o1. The predicted octanol–water partition coefficient (Wildman–Crippen LogP) is 1.83. The van der Waals surface area contributed by atoms with Gasteiger partial charge in [0.05, 0.1) is 12.1 Å². The van der Waals surface area contributed by atoms with E-state index >= 15 is 0 Å². The lowest BCUT2D eigenvalue weighted by atomic mass is 10.2. The van der Waals surface area contributed by atoms with Crippen LogP contribution in [0.4, 0.5) is 6.01 Å². The van der Waals surface area contributed by atoms with Crippen molar-refractivity contribution in [1.29, 1.82) is 0 Å². The molecular weight excluding hydrogens is 230 g/mol. The van der Waals surface area contributed by atoms with Crippen LogP contribution >= 0.6 is 11.6 Å². The smallest absolute Gasteiger partial charge is 0.315 e. The maximum absolute atomic E-state index is 5.59. The molecule has 2 rings (SSSR count). The molecule has 0 saturated heterocycles. The van der Waals surface area contributed by atoms with Gasteiger partial charge in [-0.1, -0.05) is 5.10 Å². The Kier molecular flexibility index (Phi) is 4.01. The normalized spacial score (nSPS) is 24.9. The highest BCUT2D eigenvalue weighted by atomic mass is 35.5. The molecule has 5 nitrogen and oxygen atoms in total. The second-order valence-electron chi connectivity index (χ2n) is 3.90. The number of nitrogens with one attached hydrogen (secondary N) is 1. The van der Waals surface area contributed by atoms with Gasteiger partial charge in [-0.25, -0.2) is 0 Å². The summed E-state index contributed by atoms with van der Waals surface area (Å²) in [6, 6.07) is 0.739. The van der Waals surface area contributed by atoms with Crippen LogP contribution in [0.25, 0.3) is 0 Å². The van der Waals surface area contributed by atoms with Gasteiger partial charge in [-0.2, -0.15) is 0 Å². The standard InChI is InChI=1S/C10H16ClN3O2/c1-15-8-4-2-3-7(8)12-10-14-13-9(16-10)5-6-11/h7-8H,2-6H2,1H3,(H,12,14). The number of halogens is 1. The zero-order valence-corrected chi connectivity index (χ0v) is 10.0. The van der Waals surface area contributed by atoms with E-state index in [0.29, 0.717) is 24.2 Å². The fourth-order valence-corrected chi connectivity index (χ4v) is 2.19. The molecule has 1 fully saturated rings. The highest BCUT2D eigenvalue weighted by molar-refractivity contribution is 6.17. The van der Waals surface area contributed by atoms with Gasteiger partial charge in [0.25, 0.3) is 0 Å². The average molecular weight is 246 g/mol. The van der Waals surface area contributed by atoms with E-state index in [9.17, 15) is 0 Å². The molecule has 1 N–H and O–H groups in total. The number of hydrogen-bond donors (Lipinski definition) is 1. The van der Waals surface area contributed by atoms with Crippen molar-refractivity contribution in [3.63, 3.8) is 0 Å². The largest absolute Gasteiger partial charge is 0.408 e. The van der Waals surface area contributed by atoms with Crippen molar-refractivity contribution < 1.29 is 9.15 Å². The highest BCUT2D eigenvalue weighted by Crippen LogP contribution is 2.24. The van der Waals surface area contributed by atoms with Gasteiger partial charge >= 0.3 is 6.01 Å². The Bertz CT molecular complexity index is 332. The van der Waals surface area contributed by atoms with Gasteiger partial charge in [0.2, 0.25) is 5.89 Å². The summed E-state index contributed by atoms with van der Waals surface area (Å²) in [7, 11) is 1.73. The van der Waals surface area contributed by atoms with E-state index in [4.69, 9.17) is 20.8 Å². The Morgan fingerprint density at radius 2 is 2.38 bits per heavy atom. The molecule has 1 aromatic rings. The first-order valence-corrected chi connectivity index (χ1v) is 6.04. The number of alkyl halides is 1. The summed E-state index contributed by atoms with van der Waals surface area (Å²) in [6.07, 6.45) is 4.17. The van der Waals surface area contributed by atoms with E-state index in [1.165, 1.54) is 6.42 Å². The van der Waals surface area contributed by atoms with E-state index in [2.05, 4.69) is 15.5 Å².